The summed E-state index contributed by atoms with van der Waals surface area (Å²) in [6.07, 6.45) is 8.88. The zero-order valence-corrected chi connectivity index (χ0v) is 26.2. The number of ether oxygens (including phenoxy) is 2. The molecule has 2 spiro atoms. The third kappa shape index (κ3) is 4.42. The molecule has 12 heteroatoms. The monoisotopic (exact) mass is 616 g/mol. The number of piperazine rings is 1. The number of hydrogen-bond acceptors (Lipinski definition) is 12. The minimum atomic E-state index is -0.365. The lowest BCUT2D eigenvalue weighted by molar-refractivity contribution is 0.169. The minimum Gasteiger partial charge on any atom is -0.476 e. The molecule has 3 atom stereocenters. The normalized spacial score (nSPS) is 28.4. The van der Waals surface area contributed by atoms with Crippen molar-refractivity contribution in [2.24, 2.45) is 0 Å². The number of likely N-dealkylation sites (tertiary alicyclic amines) is 1. The summed E-state index contributed by atoms with van der Waals surface area (Å²) in [7, 11) is 2.16. The molecule has 0 amide bonds. The molecule has 3 N–H and O–H groups in total. The van der Waals surface area contributed by atoms with E-state index >= 15 is 0 Å². The van der Waals surface area contributed by atoms with Crippen LogP contribution in [0.2, 0.25) is 0 Å². The smallest absolute Gasteiger partial charge is 0.219 e. The fourth-order valence-corrected chi connectivity index (χ4v) is 9.64. The highest BCUT2D eigenvalue weighted by atomic mass is 32.1. The summed E-state index contributed by atoms with van der Waals surface area (Å²) in [6.45, 7) is 5.62. The zero-order chi connectivity index (χ0) is 29.9. The largest absolute Gasteiger partial charge is 0.476 e. The fourth-order valence-electron chi connectivity index (χ4n) is 8.48. The summed E-state index contributed by atoms with van der Waals surface area (Å²) >= 11 is 1.56. The number of hydrogen-bond donors (Lipinski definition) is 2. The maximum Gasteiger partial charge on any atom is 0.219 e. The first-order chi connectivity index (χ1) is 21.5. The fraction of sp³-hybridized carbons (Fsp3) is 0.625. The lowest BCUT2D eigenvalue weighted by atomic mass is 9.62. The number of thiophene rings is 1. The van der Waals surface area contributed by atoms with Crippen molar-refractivity contribution in [1.82, 2.24) is 25.3 Å². The number of nitrogens with two attached hydrogens (primary N) is 1. The van der Waals surface area contributed by atoms with Gasteiger partial charge in [0.05, 0.1) is 23.4 Å². The Balaban J connectivity index is 1.22. The van der Waals surface area contributed by atoms with Gasteiger partial charge in [-0.25, -0.2) is 4.98 Å². The Labute approximate surface area is 261 Å². The highest BCUT2D eigenvalue weighted by molar-refractivity contribution is 7.16. The molecular weight excluding hydrogens is 576 g/mol. The van der Waals surface area contributed by atoms with Gasteiger partial charge in [-0.1, -0.05) is 5.16 Å². The second-order valence-electron chi connectivity index (χ2n) is 13.2. The molecule has 0 radical (unpaired) electrons. The van der Waals surface area contributed by atoms with Crippen molar-refractivity contribution < 1.29 is 14.0 Å². The molecular formula is C32H40N8O3S. The Hall–Kier alpha value is -3.24. The molecule has 2 aliphatic carbocycles. The summed E-state index contributed by atoms with van der Waals surface area (Å²) < 4.78 is 18.6. The van der Waals surface area contributed by atoms with Crippen LogP contribution in [-0.2, 0) is 23.0 Å². The van der Waals surface area contributed by atoms with Gasteiger partial charge in [0.2, 0.25) is 17.5 Å². The van der Waals surface area contributed by atoms with Crippen LogP contribution in [0.15, 0.2) is 10.6 Å². The predicted molar refractivity (Wildman–Crippen MR) is 167 cm³/mol. The number of nitrogen functional groups attached to an aromatic ring is 1. The SMILES string of the molecule is CN1CCC[C@H]1COc1cc(N2CCNC[C@]23CCOC3)nc(-c2onc3c2CCC[C@@]32CCCc3sc(N)c(C#N)c32)n1. The molecule has 6 heterocycles. The molecule has 3 saturated heterocycles. The number of nitrogens with zero attached hydrogens (tertiary/aromatic N) is 6. The van der Waals surface area contributed by atoms with Gasteiger partial charge in [0, 0.05) is 54.2 Å². The Morgan fingerprint density at radius 2 is 2.09 bits per heavy atom. The third-order valence-corrected chi connectivity index (χ3v) is 11.8. The Morgan fingerprint density at radius 1 is 1.20 bits per heavy atom. The summed E-state index contributed by atoms with van der Waals surface area (Å²) in [5, 5.41) is 19.1. The van der Waals surface area contributed by atoms with E-state index in [0.29, 0.717) is 47.3 Å². The lowest BCUT2D eigenvalue weighted by Crippen LogP contribution is -2.62. The molecule has 0 saturated carbocycles. The molecule has 5 aliphatic rings. The van der Waals surface area contributed by atoms with Crippen molar-refractivity contribution in [1.29, 1.82) is 5.26 Å². The number of nitrogens with one attached hydrogen (secondary N) is 1. The summed E-state index contributed by atoms with van der Waals surface area (Å²) in [4.78, 5) is 16.1. The van der Waals surface area contributed by atoms with Gasteiger partial charge in [-0.3, -0.25) is 0 Å². The Bertz CT molecular complexity index is 1600. The predicted octanol–water partition coefficient (Wildman–Crippen LogP) is 3.65. The number of anilines is 2. The second-order valence-corrected chi connectivity index (χ2v) is 14.3. The van der Waals surface area contributed by atoms with E-state index in [9.17, 15) is 5.26 Å². The molecule has 0 bridgehead atoms. The second kappa shape index (κ2) is 11.0. The van der Waals surface area contributed by atoms with Crippen molar-refractivity contribution in [2.75, 3.05) is 63.7 Å². The van der Waals surface area contributed by atoms with Crippen LogP contribution in [0.1, 0.15) is 72.2 Å². The van der Waals surface area contributed by atoms with E-state index in [1.54, 1.807) is 11.3 Å². The maximum atomic E-state index is 10.1. The van der Waals surface area contributed by atoms with E-state index in [4.69, 9.17) is 34.9 Å². The van der Waals surface area contributed by atoms with Gasteiger partial charge >= 0.3 is 0 Å². The van der Waals surface area contributed by atoms with Gasteiger partial charge in [0.15, 0.2) is 0 Å². The topological polar surface area (TPSA) is 139 Å². The van der Waals surface area contributed by atoms with E-state index in [1.165, 1.54) is 11.3 Å². The summed E-state index contributed by atoms with van der Waals surface area (Å²) in [5.41, 5.74) is 9.54. The van der Waals surface area contributed by atoms with Crippen molar-refractivity contribution in [3.8, 4) is 23.5 Å². The molecule has 11 nitrogen and oxygen atoms in total. The van der Waals surface area contributed by atoms with Gasteiger partial charge in [0.1, 0.15) is 23.5 Å². The average molecular weight is 617 g/mol. The molecule has 232 valence electrons. The number of nitriles is 1. The molecule has 3 aromatic rings. The standard InChI is InChI=1S/C32H40N8O3S/c1-39-12-4-5-20(39)17-42-25-15-24(40-13-11-35-18-31(40)10-14-41-19-31)36-30(37-25)27-21-6-2-8-32(28(21)38-43-27)9-3-7-23-26(32)22(16-33)29(34)44-23/h15,20,35H,2-14,17-19,34H2,1H3/t20-,31-,32-/m0/s1. The molecule has 3 fully saturated rings. The van der Waals surface area contributed by atoms with Crippen LogP contribution in [0.25, 0.3) is 11.6 Å². The average Bonchev–Trinajstić information content (AvgIpc) is 3.83. The van der Waals surface area contributed by atoms with Crippen LogP contribution in [0.5, 0.6) is 5.88 Å². The van der Waals surface area contributed by atoms with E-state index in [0.717, 1.165) is 107 Å². The van der Waals surface area contributed by atoms with Crippen LogP contribution < -0.4 is 20.7 Å². The quantitative estimate of drug-likeness (QED) is 0.434. The first kappa shape index (κ1) is 28.2. The van der Waals surface area contributed by atoms with Crippen molar-refractivity contribution >= 4 is 22.2 Å². The van der Waals surface area contributed by atoms with E-state index in [2.05, 4.69) is 28.2 Å². The van der Waals surface area contributed by atoms with Crippen LogP contribution in [0.4, 0.5) is 10.8 Å². The highest BCUT2D eigenvalue weighted by Crippen LogP contribution is 2.54. The summed E-state index contributed by atoms with van der Waals surface area (Å²) in [6, 6.07) is 4.79. The lowest BCUT2D eigenvalue weighted by Gasteiger charge is -2.45. The van der Waals surface area contributed by atoms with E-state index in [1.807, 2.05) is 6.07 Å². The Morgan fingerprint density at radius 3 is 2.89 bits per heavy atom. The molecule has 0 unspecified atom stereocenters. The molecule has 8 rings (SSSR count). The molecule has 3 aliphatic heterocycles. The van der Waals surface area contributed by atoms with Crippen LogP contribution >= 0.6 is 11.3 Å². The van der Waals surface area contributed by atoms with E-state index < -0.39 is 0 Å². The first-order valence-corrected chi connectivity index (χ1v) is 16.9. The highest BCUT2D eigenvalue weighted by Gasteiger charge is 2.48. The Kier molecular flexibility index (Phi) is 7.05. The van der Waals surface area contributed by atoms with Gasteiger partial charge in [-0.2, -0.15) is 10.2 Å². The van der Waals surface area contributed by atoms with Gasteiger partial charge < -0.3 is 34.8 Å². The van der Waals surface area contributed by atoms with Crippen LogP contribution in [0.3, 0.4) is 0 Å². The third-order valence-electron chi connectivity index (χ3n) is 10.8. The van der Waals surface area contributed by atoms with Crippen LogP contribution in [0, 0.1) is 11.3 Å². The number of rotatable bonds is 5. The zero-order valence-electron chi connectivity index (χ0n) is 25.4. The molecule has 3 aromatic heterocycles. The maximum absolute atomic E-state index is 10.1. The van der Waals surface area contributed by atoms with Crippen molar-refractivity contribution in [3.63, 3.8) is 0 Å². The van der Waals surface area contributed by atoms with Gasteiger partial charge in [0.25, 0.3) is 0 Å². The number of aryl methyl sites for hydroxylation is 1. The molecule has 44 heavy (non-hydrogen) atoms. The first-order valence-electron chi connectivity index (χ1n) is 16.1. The minimum absolute atomic E-state index is 0.150. The van der Waals surface area contributed by atoms with E-state index in [-0.39, 0.29) is 11.0 Å². The summed E-state index contributed by atoms with van der Waals surface area (Å²) in [5.74, 6) is 2.53. The van der Waals surface area contributed by atoms with Crippen molar-refractivity contribution in [3.05, 3.63) is 33.3 Å². The number of fused-ring (bicyclic) bond motifs is 4. The molecule has 0 aromatic carbocycles. The van der Waals surface area contributed by atoms with Crippen LogP contribution in [-0.4, -0.2) is 84.7 Å². The number of likely N-dealkylation sites (N-methyl/N-ethyl adjacent to an activating group) is 1. The van der Waals surface area contributed by atoms with Gasteiger partial charge in [-0.15, -0.1) is 11.3 Å². The van der Waals surface area contributed by atoms with Crippen molar-refractivity contribution in [2.45, 2.75) is 74.8 Å². The number of aromatic nitrogens is 3. The van der Waals surface area contributed by atoms with Gasteiger partial charge in [-0.05, 0) is 76.9 Å².